The maximum atomic E-state index is 10.4. The Kier molecular flexibility index (Phi) is 4.39. The van der Waals surface area contributed by atoms with Crippen LogP contribution in [-0.2, 0) is 0 Å². The van der Waals surface area contributed by atoms with Crippen molar-refractivity contribution < 1.29 is 5.11 Å². The Morgan fingerprint density at radius 1 is 1.23 bits per heavy atom. The molecule has 3 saturated carbocycles. The van der Waals surface area contributed by atoms with E-state index in [0.29, 0.717) is 29.8 Å². The van der Waals surface area contributed by atoms with Crippen LogP contribution in [0.2, 0.25) is 0 Å². The molecule has 0 unspecified atom stereocenters. The van der Waals surface area contributed by atoms with Gasteiger partial charge in [0.1, 0.15) is 0 Å². The van der Waals surface area contributed by atoms with Crippen molar-refractivity contribution in [2.75, 3.05) is 6.61 Å². The van der Waals surface area contributed by atoms with Crippen LogP contribution in [0.15, 0.2) is 22.9 Å². The molecule has 0 aliphatic heterocycles. The van der Waals surface area contributed by atoms with Crippen molar-refractivity contribution in [2.45, 2.75) is 72.6 Å². The molecule has 7 atom stereocenters. The van der Waals surface area contributed by atoms with Crippen LogP contribution in [0.1, 0.15) is 72.6 Å². The lowest BCUT2D eigenvalue weighted by Crippen LogP contribution is -2.54. The smallest absolute Gasteiger partial charge is 0.162 e. The molecule has 0 radical (unpaired) electrons. The Hall–Kier alpha value is -1.07. The number of fused-ring (bicyclic) bond motifs is 5. The first kappa shape index (κ1) is 18.3. The minimum absolute atomic E-state index is 0.142. The monoisotopic (exact) mass is 353 g/mol. The molecule has 0 aromatic carbocycles. The van der Waals surface area contributed by atoms with Gasteiger partial charge in [0.05, 0.1) is 6.57 Å². The molecule has 0 bridgehead atoms. The van der Waals surface area contributed by atoms with Crippen molar-refractivity contribution >= 4 is 0 Å². The lowest BCUT2D eigenvalue weighted by molar-refractivity contribution is -0.0842. The quantitative estimate of drug-likeness (QED) is 0.454. The van der Waals surface area contributed by atoms with Gasteiger partial charge < -0.3 is 5.11 Å². The molecule has 4 aliphatic carbocycles. The van der Waals surface area contributed by atoms with Crippen LogP contribution in [-0.4, -0.2) is 11.7 Å². The molecule has 0 spiro atoms. The average Bonchev–Trinajstić information content (AvgIpc) is 2.97. The number of nitrogens with zero attached hydrogens (tertiary/aromatic N) is 1. The van der Waals surface area contributed by atoms with E-state index in [1.54, 1.807) is 5.57 Å². The molecular formula is C24H35NO. The SMILES string of the molecule is [C-]#[N+]/C(C)=C1/CC[C@H]2[C@@H]3CCC4=C[C@@H](C)CC[C@]4(C)[C@H]3[C@@H](CO)C[C@]12C. The predicted octanol–water partition coefficient (Wildman–Crippen LogP) is 6.00. The Balaban J connectivity index is 1.77. The van der Waals surface area contributed by atoms with Crippen molar-refractivity contribution in [1.29, 1.82) is 0 Å². The molecule has 1 N–H and O–H groups in total. The maximum Gasteiger partial charge on any atom is 0.162 e. The molecule has 3 fully saturated rings. The van der Waals surface area contributed by atoms with E-state index in [4.69, 9.17) is 6.57 Å². The molecule has 0 heterocycles. The number of aliphatic hydroxyl groups excluding tert-OH is 1. The fourth-order valence-corrected chi connectivity index (χ4v) is 7.95. The molecule has 26 heavy (non-hydrogen) atoms. The molecule has 4 rings (SSSR count). The standard InChI is InChI=1S/C24H35NO/c1-15-10-11-23(3)18(12-15)6-7-19-21-9-8-20(16(2)25-5)24(21,4)13-17(14-26)22(19)23/h12,15,17,19,21-22,26H,6-11,13-14H2,1-4H3/b20-16-/t15-,17+,19-,21-,22-,23-,24+/m0/s1. The zero-order valence-electron chi connectivity index (χ0n) is 17.0. The molecule has 0 aromatic heterocycles. The molecule has 2 heteroatoms. The van der Waals surface area contributed by atoms with Gasteiger partial charge in [-0.3, -0.25) is 0 Å². The summed E-state index contributed by atoms with van der Waals surface area (Å²) in [5, 5.41) is 10.4. The summed E-state index contributed by atoms with van der Waals surface area (Å²) in [6.45, 7) is 17.2. The average molecular weight is 354 g/mol. The van der Waals surface area contributed by atoms with Crippen molar-refractivity contribution in [1.82, 2.24) is 0 Å². The lowest BCUT2D eigenvalue weighted by atomic mass is 9.44. The topological polar surface area (TPSA) is 24.6 Å². The van der Waals surface area contributed by atoms with Crippen molar-refractivity contribution in [3.8, 4) is 0 Å². The number of hydrogen-bond acceptors (Lipinski definition) is 1. The molecule has 4 aliphatic rings. The third-order valence-corrected chi connectivity index (χ3v) is 9.05. The highest BCUT2D eigenvalue weighted by Crippen LogP contribution is 2.68. The molecule has 0 amide bonds. The second kappa shape index (κ2) is 6.23. The van der Waals surface area contributed by atoms with Gasteiger partial charge in [0, 0.05) is 6.61 Å². The first-order valence-electron chi connectivity index (χ1n) is 10.7. The van der Waals surface area contributed by atoms with Gasteiger partial charge in [-0.2, -0.15) is 0 Å². The summed E-state index contributed by atoms with van der Waals surface area (Å²) in [7, 11) is 0. The molecule has 142 valence electrons. The summed E-state index contributed by atoms with van der Waals surface area (Å²) in [4.78, 5) is 3.81. The largest absolute Gasteiger partial charge is 0.396 e. The Bertz CT molecular complexity index is 697. The Morgan fingerprint density at radius 3 is 2.69 bits per heavy atom. The fraction of sp³-hybridized carbons (Fsp3) is 0.792. The van der Waals surface area contributed by atoms with E-state index in [2.05, 4.69) is 31.7 Å². The van der Waals surface area contributed by atoms with E-state index >= 15 is 0 Å². The third-order valence-electron chi connectivity index (χ3n) is 9.05. The minimum atomic E-state index is 0.142. The first-order valence-corrected chi connectivity index (χ1v) is 10.7. The summed E-state index contributed by atoms with van der Waals surface area (Å²) in [6.07, 6.45) is 11.2. The minimum Gasteiger partial charge on any atom is -0.396 e. The van der Waals surface area contributed by atoms with E-state index < -0.39 is 0 Å². The lowest BCUT2D eigenvalue weighted by Gasteiger charge is -2.61. The zero-order chi connectivity index (χ0) is 18.7. The number of hydrogen-bond donors (Lipinski definition) is 1. The van der Waals surface area contributed by atoms with Crippen LogP contribution in [0, 0.1) is 47.0 Å². The molecule has 0 aromatic rings. The second-order valence-corrected chi connectivity index (χ2v) is 10.2. The van der Waals surface area contributed by atoms with Gasteiger partial charge in [-0.25, -0.2) is 4.85 Å². The maximum absolute atomic E-state index is 10.4. The Morgan fingerprint density at radius 2 is 2.00 bits per heavy atom. The summed E-state index contributed by atoms with van der Waals surface area (Å²) in [5.74, 6) is 3.16. The van der Waals surface area contributed by atoms with E-state index in [1.165, 1.54) is 37.7 Å². The summed E-state index contributed by atoms with van der Waals surface area (Å²) in [6, 6.07) is 0. The van der Waals surface area contributed by atoms with E-state index in [0.717, 1.165) is 30.4 Å². The van der Waals surface area contributed by atoms with Gasteiger partial charge in [0.25, 0.3) is 0 Å². The van der Waals surface area contributed by atoms with Crippen molar-refractivity contribution in [2.24, 2.45) is 40.4 Å². The number of allylic oxidation sites excluding steroid dienone is 4. The highest BCUT2D eigenvalue weighted by molar-refractivity contribution is 5.33. The third kappa shape index (κ3) is 2.39. The predicted molar refractivity (Wildman–Crippen MR) is 106 cm³/mol. The van der Waals surface area contributed by atoms with Crippen molar-refractivity contribution in [3.63, 3.8) is 0 Å². The molecule has 2 nitrogen and oxygen atoms in total. The number of rotatable bonds is 1. The van der Waals surface area contributed by atoms with Crippen LogP contribution in [0.5, 0.6) is 0 Å². The van der Waals surface area contributed by atoms with E-state index in [9.17, 15) is 5.11 Å². The molecule has 0 saturated heterocycles. The highest BCUT2D eigenvalue weighted by Gasteiger charge is 2.60. The van der Waals surface area contributed by atoms with Crippen LogP contribution >= 0.6 is 0 Å². The second-order valence-electron chi connectivity index (χ2n) is 10.2. The Labute approximate surface area is 159 Å². The summed E-state index contributed by atoms with van der Waals surface area (Å²) < 4.78 is 0. The van der Waals surface area contributed by atoms with E-state index in [-0.39, 0.29) is 5.41 Å². The van der Waals surface area contributed by atoms with Gasteiger partial charge >= 0.3 is 0 Å². The number of aliphatic hydroxyl groups is 1. The van der Waals surface area contributed by atoms with Gasteiger partial charge in [-0.05, 0) is 92.3 Å². The zero-order valence-corrected chi connectivity index (χ0v) is 17.0. The van der Waals surface area contributed by atoms with E-state index in [1.807, 2.05) is 6.92 Å². The van der Waals surface area contributed by atoms with Crippen molar-refractivity contribution in [3.05, 3.63) is 34.3 Å². The summed E-state index contributed by atoms with van der Waals surface area (Å²) >= 11 is 0. The van der Waals surface area contributed by atoms with Crippen LogP contribution in [0.3, 0.4) is 0 Å². The highest BCUT2D eigenvalue weighted by atomic mass is 16.3. The summed E-state index contributed by atoms with van der Waals surface area (Å²) in [5.41, 5.74) is 4.48. The van der Waals surface area contributed by atoms with Crippen LogP contribution in [0.25, 0.3) is 4.85 Å². The van der Waals surface area contributed by atoms with Crippen LogP contribution < -0.4 is 0 Å². The first-order chi connectivity index (χ1) is 12.3. The van der Waals surface area contributed by atoms with Crippen LogP contribution in [0.4, 0.5) is 0 Å². The fourth-order valence-electron chi connectivity index (χ4n) is 7.95. The van der Waals surface area contributed by atoms with Gasteiger partial charge in [0.15, 0.2) is 5.70 Å². The van der Waals surface area contributed by atoms with Gasteiger partial charge in [-0.15, -0.1) is 0 Å². The normalized spacial score (nSPS) is 49.4. The molecular weight excluding hydrogens is 318 g/mol. The van der Waals surface area contributed by atoms with Gasteiger partial charge in [0.2, 0.25) is 0 Å². The van der Waals surface area contributed by atoms with Gasteiger partial charge in [-0.1, -0.05) is 38.0 Å².